The molecule has 0 fully saturated rings. The van der Waals surface area contributed by atoms with E-state index in [1.54, 1.807) is 0 Å². The first kappa shape index (κ1) is 13.5. The fourth-order valence-electron chi connectivity index (χ4n) is 2.83. The molecule has 0 spiro atoms. The zero-order chi connectivity index (χ0) is 15.8. The molecule has 112 valence electrons. The summed E-state index contributed by atoms with van der Waals surface area (Å²) in [6.45, 7) is 1.87. The highest BCUT2D eigenvalue weighted by Gasteiger charge is 2.13. The molecule has 0 amide bonds. The number of rotatable bonds is 1. The number of benzene rings is 2. The van der Waals surface area contributed by atoms with Crippen LogP contribution in [0.25, 0.3) is 33.2 Å². The number of pyridine rings is 1. The minimum atomic E-state index is 0.511. The van der Waals surface area contributed by atoms with Crippen molar-refractivity contribution in [2.24, 2.45) is 5.16 Å². The second-order valence-electron chi connectivity index (χ2n) is 5.42. The van der Waals surface area contributed by atoms with Gasteiger partial charge in [-0.25, -0.2) is 0 Å². The fourth-order valence-corrected chi connectivity index (χ4v) is 2.83. The van der Waals surface area contributed by atoms with E-state index >= 15 is 0 Å². The van der Waals surface area contributed by atoms with Gasteiger partial charge in [0.25, 0.3) is 0 Å². The monoisotopic (exact) mass is 302 g/mol. The average Bonchev–Trinajstić information content (AvgIpc) is 2.61. The van der Waals surface area contributed by atoms with E-state index in [9.17, 15) is 5.21 Å². The third-order valence-corrected chi connectivity index (χ3v) is 4.01. The van der Waals surface area contributed by atoms with Crippen molar-refractivity contribution in [3.05, 3.63) is 71.7 Å². The predicted octanol–water partition coefficient (Wildman–Crippen LogP) is 4.25. The van der Waals surface area contributed by atoms with Crippen LogP contribution in [0.2, 0.25) is 0 Å². The van der Waals surface area contributed by atoms with Gasteiger partial charge in [-0.1, -0.05) is 41.6 Å². The molecule has 2 heterocycles. The molecule has 2 aromatic heterocycles. The standard InChI is InChI=1S/C19H14N2O2/c1-12-18(21-22)15-8-4-5-9-17(15)23-19(12)16-10-13-6-2-3-7-14(13)11-20-16/h2-11,22H,1H3/b21-18+. The molecule has 0 atom stereocenters. The number of aromatic nitrogens is 1. The van der Waals surface area contributed by atoms with E-state index in [4.69, 9.17) is 4.42 Å². The molecule has 4 aromatic rings. The first-order chi connectivity index (χ1) is 11.3. The third kappa shape index (κ3) is 2.16. The van der Waals surface area contributed by atoms with E-state index in [0.29, 0.717) is 16.7 Å². The molecular weight excluding hydrogens is 288 g/mol. The number of fused-ring (bicyclic) bond motifs is 2. The van der Waals surface area contributed by atoms with E-state index in [1.807, 2.05) is 67.7 Å². The Labute approximate surface area is 132 Å². The maximum atomic E-state index is 9.42. The van der Waals surface area contributed by atoms with Gasteiger partial charge in [-0.15, -0.1) is 0 Å². The minimum absolute atomic E-state index is 0.511. The van der Waals surface area contributed by atoms with Gasteiger partial charge in [-0.2, -0.15) is 0 Å². The van der Waals surface area contributed by atoms with Crippen molar-refractivity contribution in [1.82, 2.24) is 4.98 Å². The van der Waals surface area contributed by atoms with Gasteiger partial charge < -0.3 is 9.62 Å². The lowest BCUT2D eigenvalue weighted by molar-refractivity contribution is 0.302. The normalized spacial score (nSPS) is 12.1. The summed E-state index contributed by atoms with van der Waals surface area (Å²) in [4.78, 5) is 4.50. The van der Waals surface area contributed by atoms with Gasteiger partial charge >= 0.3 is 0 Å². The van der Waals surface area contributed by atoms with Crippen LogP contribution in [0.3, 0.4) is 0 Å². The highest BCUT2D eigenvalue weighted by Crippen LogP contribution is 2.26. The molecule has 0 saturated carbocycles. The molecule has 0 radical (unpaired) electrons. The van der Waals surface area contributed by atoms with Crippen LogP contribution in [0.5, 0.6) is 0 Å². The largest absolute Gasteiger partial charge is 0.454 e. The van der Waals surface area contributed by atoms with E-state index < -0.39 is 0 Å². The van der Waals surface area contributed by atoms with Crippen LogP contribution in [0.4, 0.5) is 0 Å². The van der Waals surface area contributed by atoms with Crippen molar-refractivity contribution in [3.8, 4) is 11.5 Å². The summed E-state index contributed by atoms with van der Waals surface area (Å²) in [7, 11) is 0. The lowest BCUT2D eigenvalue weighted by Crippen LogP contribution is -2.10. The van der Waals surface area contributed by atoms with Crippen molar-refractivity contribution in [2.45, 2.75) is 6.92 Å². The fraction of sp³-hybridized carbons (Fsp3) is 0.0526. The van der Waals surface area contributed by atoms with Gasteiger partial charge in [0.15, 0.2) is 5.76 Å². The lowest BCUT2D eigenvalue weighted by atomic mass is 10.1. The zero-order valence-corrected chi connectivity index (χ0v) is 12.5. The van der Waals surface area contributed by atoms with Gasteiger partial charge in [0.1, 0.15) is 16.6 Å². The number of hydrogen-bond acceptors (Lipinski definition) is 4. The molecule has 0 unspecified atom stereocenters. The molecule has 1 N–H and O–H groups in total. The average molecular weight is 302 g/mol. The van der Waals surface area contributed by atoms with Gasteiger partial charge in [0, 0.05) is 22.5 Å². The Morgan fingerprint density at radius 1 is 1.00 bits per heavy atom. The third-order valence-electron chi connectivity index (χ3n) is 4.01. The first-order valence-corrected chi connectivity index (χ1v) is 7.33. The molecule has 4 heteroatoms. The van der Waals surface area contributed by atoms with Crippen LogP contribution in [0, 0.1) is 6.92 Å². The Hall–Kier alpha value is -3.14. The topological polar surface area (TPSA) is 58.6 Å². The Morgan fingerprint density at radius 3 is 2.57 bits per heavy atom. The van der Waals surface area contributed by atoms with Crippen molar-refractivity contribution in [2.75, 3.05) is 0 Å². The van der Waals surface area contributed by atoms with Crippen molar-refractivity contribution in [3.63, 3.8) is 0 Å². The van der Waals surface area contributed by atoms with Gasteiger partial charge in [0.05, 0.1) is 0 Å². The van der Waals surface area contributed by atoms with Crippen LogP contribution >= 0.6 is 0 Å². The summed E-state index contributed by atoms with van der Waals surface area (Å²) in [6.07, 6.45) is 1.82. The summed E-state index contributed by atoms with van der Waals surface area (Å²) in [5.74, 6) is 0.613. The number of nitrogens with zero attached hydrogens (tertiary/aromatic N) is 2. The van der Waals surface area contributed by atoms with E-state index in [2.05, 4.69) is 10.1 Å². The first-order valence-electron chi connectivity index (χ1n) is 7.33. The molecule has 0 aliphatic heterocycles. The van der Waals surface area contributed by atoms with Gasteiger partial charge in [0.2, 0.25) is 0 Å². The number of hydrogen-bond donors (Lipinski definition) is 1. The molecule has 0 aliphatic rings. The molecule has 0 bridgehead atoms. The summed E-state index contributed by atoms with van der Waals surface area (Å²) in [6, 6.07) is 17.5. The summed E-state index contributed by atoms with van der Waals surface area (Å²) < 4.78 is 6.04. The van der Waals surface area contributed by atoms with Crippen molar-refractivity contribution >= 4 is 21.7 Å². The Kier molecular flexibility index (Phi) is 3.08. The Bertz CT molecular complexity index is 1100. The zero-order valence-electron chi connectivity index (χ0n) is 12.5. The van der Waals surface area contributed by atoms with E-state index in [1.165, 1.54) is 0 Å². The maximum absolute atomic E-state index is 9.42. The summed E-state index contributed by atoms with van der Waals surface area (Å²) >= 11 is 0. The van der Waals surface area contributed by atoms with Crippen molar-refractivity contribution < 1.29 is 9.62 Å². The second-order valence-corrected chi connectivity index (χ2v) is 5.42. The molecule has 0 saturated heterocycles. The molecule has 2 aromatic carbocycles. The minimum Gasteiger partial charge on any atom is -0.454 e. The van der Waals surface area contributed by atoms with Gasteiger partial charge in [-0.05, 0) is 30.5 Å². The molecule has 23 heavy (non-hydrogen) atoms. The van der Waals surface area contributed by atoms with E-state index in [-0.39, 0.29) is 0 Å². The highest BCUT2D eigenvalue weighted by molar-refractivity contribution is 5.86. The molecule has 0 aliphatic carbocycles. The number of para-hydroxylation sites is 1. The van der Waals surface area contributed by atoms with Crippen molar-refractivity contribution in [1.29, 1.82) is 0 Å². The lowest BCUT2D eigenvalue weighted by Gasteiger charge is -2.08. The molecule has 4 rings (SSSR count). The predicted molar refractivity (Wildman–Crippen MR) is 89.0 cm³/mol. The summed E-state index contributed by atoms with van der Waals surface area (Å²) in [5, 5.41) is 16.3. The van der Waals surface area contributed by atoms with E-state index in [0.717, 1.165) is 27.4 Å². The molecular formula is C19H14N2O2. The Balaban J connectivity index is 2.06. The Morgan fingerprint density at radius 2 is 1.74 bits per heavy atom. The summed E-state index contributed by atoms with van der Waals surface area (Å²) in [5.41, 5.74) is 2.14. The molecule has 4 nitrogen and oxygen atoms in total. The highest BCUT2D eigenvalue weighted by atomic mass is 16.4. The smallest absolute Gasteiger partial charge is 0.158 e. The van der Waals surface area contributed by atoms with Gasteiger partial charge in [-0.3, -0.25) is 4.98 Å². The SMILES string of the molecule is Cc1c(-c2cc3ccccc3cn2)oc2ccccc2/c1=N/O. The second kappa shape index (κ2) is 5.25. The maximum Gasteiger partial charge on any atom is 0.158 e. The van der Waals surface area contributed by atoms with Crippen LogP contribution in [-0.4, -0.2) is 10.2 Å². The van der Waals surface area contributed by atoms with Crippen LogP contribution in [0.1, 0.15) is 5.56 Å². The van der Waals surface area contributed by atoms with Crippen LogP contribution < -0.4 is 5.36 Å². The van der Waals surface area contributed by atoms with Crippen LogP contribution in [0.15, 0.2) is 70.4 Å². The quantitative estimate of drug-likeness (QED) is 0.422. The van der Waals surface area contributed by atoms with Crippen LogP contribution in [-0.2, 0) is 0 Å².